The highest BCUT2D eigenvalue weighted by atomic mass is 16.1. The van der Waals surface area contributed by atoms with Crippen LogP contribution in [0.25, 0.3) is 0 Å². The van der Waals surface area contributed by atoms with Crippen LogP contribution in [0.4, 0.5) is 0 Å². The first kappa shape index (κ1) is 11.4. The molecule has 0 saturated heterocycles. The summed E-state index contributed by atoms with van der Waals surface area (Å²) in [6.07, 6.45) is 2.36. The van der Waals surface area contributed by atoms with Gasteiger partial charge in [-0.1, -0.05) is 0 Å². The SMILES string of the molecule is Cc1ccc(C(=O)NCC2=CN=C(N)C2)n1C. The zero-order valence-corrected chi connectivity index (χ0v) is 10.0. The van der Waals surface area contributed by atoms with Crippen LogP contribution in [-0.2, 0) is 7.05 Å². The zero-order valence-electron chi connectivity index (χ0n) is 10.0. The van der Waals surface area contributed by atoms with Gasteiger partial charge in [-0.2, -0.15) is 0 Å². The van der Waals surface area contributed by atoms with Crippen LogP contribution in [0.5, 0.6) is 0 Å². The van der Waals surface area contributed by atoms with Gasteiger partial charge in [-0.05, 0) is 24.6 Å². The first-order valence-electron chi connectivity index (χ1n) is 5.48. The Hall–Kier alpha value is -2.04. The molecule has 1 aliphatic rings. The van der Waals surface area contributed by atoms with E-state index in [0.29, 0.717) is 24.5 Å². The molecule has 5 heteroatoms. The number of amides is 1. The summed E-state index contributed by atoms with van der Waals surface area (Å²) in [5, 5.41) is 2.86. The number of hydrogen-bond donors (Lipinski definition) is 2. The molecular weight excluding hydrogens is 216 g/mol. The Labute approximate surface area is 100 Å². The van der Waals surface area contributed by atoms with E-state index in [2.05, 4.69) is 10.3 Å². The predicted molar refractivity (Wildman–Crippen MR) is 66.8 cm³/mol. The fourth-order valence-corrected chi connectivity index (χ4v) is 1.73. The lowest BCUT2D eigenvalue weighted by molar-refractivity contribution is 0.0948. The summed E-state index contributed by atoms with van der Waals surface area (Å²) in [4.78, 5) is 15.9. The molecule has 0 bridgehead atoms. The third-order valence-electron chi connectivity index (χ3n) is 2.90. The normalized spacial score (nSPS) is 14.5. The lowest BCUT2D eigenvalue weighted by atomic mass is 10.2. The number of nitrogens with two attached hydrogens (primary N) is 1. The number of carbonyl (C=O) groups is 1. The zero-order chi connectivity index (χ0) is 12.4. The maximum Gasteiger partial charge on any atom is 0.268 e. The highest BCUT2D eigenvalue weighted by Gasteiger charge is 2.12. The lowest BCUT2D eigenvalue weighted by Gasteiger charge is -2.07. The maximum absolute atomic E-state index is 11.9. The van der Waals surface area contributed by atoms with Crippen molar-refractivity contribution in [3.05, 3.63) is 35.3 Å². The van der Waals surface area contributed by atoms with Crippen molar-refractivity contribution in [2.24, 2.45) is 17.8 Å². The minimum absolute atomic E-state index is 0.0769. The number of aromatic nitrogens is 1. The van der Waals surface area contributed by atoms with Gasteiger partial charge in [-0.25, -0.2) is 4.99 Å². The molecule has 2 heterocycles. The Morgan fingerprint density at radius 2 is 2.35 bits per heavy atom. The molecule has 0 radical (unpaired) electrons. The number of rotatable bonds is 3. The molecule has 3 N–H and O–H groups in total. The molecule has 0 fully saturated rings. The molecule has 5 nitrogen and oxygen atoms in total. The molecule has 1 aliphatic heterocycles. The number of amidine groups is 1. The molecule has 0 atom stereocenters. The van der Waals surface area contributed by atoms with Gasteiger partial charge in [0.2, 0.25) is 0 Å². The summed E-state index contributed by atoms with van der Waals surface area (Å²) in [5.74, 6) is 0.524. The number of aryl methyl sites for hydroxylation is 1. The number of nitrogens with zero attached hydrogens (tertiary/aromatic N) is 2. The van der Waals surface area contributed by atoms with E-state index in [1.54, 1.807) is 6.20 Å². The molecule has 2 rings (SSSR count). The molecule has 90 valence electrons. The molecule has 17 heavy (non-hydrogen) atoms. The molecule has 1 aromatic heterocycles. The van der Waals surface area contributed by atoms with Crippen LogP contribution in [0, 0.1) is 6.92 Å². The van der Waals surface area contributed by atoms with Gasteiger partial charge in [0.15, 0.2) is 0 Å². The molecule has 0 unspecified atom stereocenters. The minimum Gasteiger partial charge on any atom is -0.387 e. The van der Waals surface area contributed by atoms with Crippen molar-refractivity contribution < 1.29 is 4.79 Å². The molecule has 0 aliphatic carbocycles. The van der Waals surface area contributed by atoms with Crippen LogP contribution in [0.3, 0.4) is 0 Å². The first-order chi connectivity index (χ1) is 8.08. The maximum atomic E-state index is 11.9. The molecule has 1 amide bonds. The summed E-state index contributed by atoms with van der Waals surface area (Å²) in [6, 6.07) is 3.74. The topological polar surface area (TPSA) is 72.4 Å². The number of aliphatic imine (C=N–C) groups is 1. The Bertz CT molecular complexity index is 511. The van der Waals surface area contributed by atoms with E-state index in [4.69, 9.17) is 5.73 Å². The molecule has 1 aromatic rings. The Kier molecular flexibility index (Phi) is 2.99. The second-order valence-electron chi connectivity index (χ2n) is 4.19. The van der Waals surface area contributed by atoms with Crippen LogP contribution in [0.15, 0.2) is 28.9 Å². The quantitative estimate of drug-likeness (QED) is 0.805. The van der Waals surface area contributed by atoms with Gasteiger partial charge in [-0.3, -0.25) is 4.79 Å². The van der Waals surface area contributed by atoms with Crippen molar-refractivity contribution in [3.8, 4) is 0 Å². The fourth-order valence-electron chi connectivity index (χ4n) is 1.73. The summed E-state index contributed by atoms with van der Waals surface area (Å²) < 4.78 is 1.86. The number of nitrogens with one attached hydrogen (secondary N) is 1. The van der Waals surface area contributed by atoms with Gasteiger partial charge in [0.1, 0.15) is 11.5 Å². The van der Waals surface area contributed by atoms with Crippen molar-refractivity contribution in [1.29, 1.82) is 0 Å². The van der Waals surface area contributed by atoms with Crippen LogP contribution >= 0.6 is 0 Å². The van der Waals surface area contributed by atoms with Gasteiger partial charge < -0.3 is 15.6 Å². The summed E-state index contributed by atoms with van der Waals surface area (Å²) in [6.45, 7) is 2.46. The van der Waals surface area contributed by atoms with Crippen LogP contribution in [0.1, 0.15) is 22.6 Å². The third kappa shape index (κ3) is 2.38. The predicted octanol–water partition coefficient (Wildman–Crippen LogP) is 0.708. The number of carbonyl (C=O) groups excluding carboxylic acids is 1. The van der Waals surface area contributed by atoms with Crippen molar-refractivity contribution in [2.75, 3.05) is 6.54 Å². The summed E-state index contributed by atoms with van der Waals surface area (Å²) in [7, 11) is 1.88. The third-order valence-corrected chi connectivity index (χ3v) is 2.90. The Morgan fingerprint density at radius 1 is 1.59 bits per heavy atom. The molecule has 0 saturated carbocycles. The van der Waals surface area contributed by atoms with Crippen LogP contribution < -0.4 is 11.1 Å². The second kappa shape index (κ2) is 4.45. The van der Waals surface area contributed by atoms with E-state index in [0.717, 1.165) is 11.3 Å². The second-order valence-corrected chi connectivity index (χ2v) is 4.19. The van der Waals surface area contributed by atoms with Crippen molar-refractivity contribution in [1.82, 2.24) is 9.88 Å². The van der Waals surface area contributed by atoms with E-state index >= 15 is 0 Å². The average molecular weight is 232 g/mol. The fraction of sp³-hybridized carbons (Fsp3) is 0.333. The van der Waals surface area contributed by atoms with Gasteiger partial charge in [0.05, 0.1) is 0 Å². The van der Waals surface area contributed by atoms with E-state index in [1.807, 2.05) is 30.7 Å². The highest BCUT2D eigenvalue weighted by molar-refractivity contribution is 5.93. The van der Waals surface area contributed by atoms with Crippen molar-refractivity contribution in [2.45, 2.75) is 13.3 Å². The van der Waals surface area contributed by atoms with E-state index < -0.39 is 0 Å². The number of hydrogen-bond acceptors (Lipinski definition) is 3. The summed E-state index contributed by atoms with van der Waals surface area (Å²) >= 11 is 0. The van der Waals surface area contributed by atoms with E-state index in [-0.39, 0.29) is 5.91 Å². The first-order valence-corrected chi connectivity index (χ1v) is 5.48. The highest BCUT2D eigenvalue weighted by Crippen LogP contribution is 2.09. The molecular formula is C12H16N4O. The van der Waals surface area contributed by atoms with E-state index in [1.165, 1.54) is 0 Å². The standard InChI is InChI=1S/C12H16N4O/c1-8-3-4-10(16(8)2)12(17)15-7-9-5-11(13)14-6-9/h3-4,6H,5,7H2,1-2H3,(H2,13,14)(H,15,17). The van der Waals surface area contributed by atoms with Crippen molar-refractivity contribution >= 4 is 11.7 Å². The van der Waals surface area contributed by atoms with Gasteiger partial charge in [0, 0.05) is 31.9 Å². The van der Waals surface area contributed by atoms with Crippen molar-refractivity contribution in [3.63, 3.8) is 0 Å². The largest absolute Gasteiger partial charge is 0.387 e. The molecule has 0 spiro atoms. The van der Waals surface area contributed by atoms with Gasteiger partial charge in [0.25, 0.3) is 5.91 Å². The van der Waals surface area contributed by atoms with Crippen LogP contribution in [0.2, 0.25) is 0 Å². The smallest absolute Gasteiger partial charge is 0.268 e. The van der Waals surface area contributed by atoms with E-state index in [9.17, 15) is 4.79 Å². The van der Waals surface area contributed by atoms with Gasteiger partial charge >= 0.3 is 0 Å². The lowest BCUT2D eigenvalue weighted by Crippen LogP contribution is -2.27. The van der Waals surface area contributed by atoms with Gasteiger partial charge in [-0.15, -0.1) is 0 Å². The van der Waals surface area contributed by atoms with Crippen LogP contribution in [-0.4, -0.2) is 22.9 Å². The monoisotopic (exact) mass is 232 g/mol. The Morgan fingerprint density at radius 3 is 2.88 bits per heavy atom. The minimum atomic E-state index is -0.0769. The Balaban J connectivity index is 1.93. The summed E-state index contributed by atoms with van der Waals surface area (Å²) in [5.41, 5.74) is 8.30. The molecule has 0 aromatic carbocycles. The average Bonchev–Trinajstić information content (AvgIpc) is 2.84.